The molecule has 0 aliphatic carbocycles. The minimum absolute atomic E-state index is 0.0544. The quantitative estimate of drug-likeness (QED) is 0.937. The summed E-state index contributed by atoms with van der Waals surface area (Å²) < 4.78 is 2.82. The first-order valence-corrected chi connectivity index (χ1v) is 5.68. The summed E-state index contributed by atoms with van der Waals surface area (Å²) in [5.74, 6) is 1.68. The van der Waals surface area contributed by atoms with Gasteiger partial charge in [0, 0.05) is 13.2 Å². The molecule has 6 heteroatoms. The molecule has 1 N–H and O–H groups in total. The molecule has 0 aromatic carbocycles. The average molecular weight is 282 g/mol. The molecule has 84 valence electrons. The first kappa shape index (κ1) is 11.1. The molecule has 0 spiro atoms. The lowest BCUT2D eigenvalue weighted by Crippen LogP contribution is -2.13. The Morgan fingerprint density at radius 1 is 1.50 bits per heavy atom. The van der Waals surface area contributed by atoms with Crippen LogP contribution in [0, 0.1) is 0 Å². The lowest BCUT2D eigenvalue weighted by molar-refractivity contribution is 0.716. The SMILES string of the molecule is CC(Nc1ncccc1Br)c1nncn1C. The van der Waals surface area contributed by atoms with Crippen LogP contribution in [0.25, 0.3) is 0 Å². The van der Waals surface area contributed by atoms with Crippen molar-refractivity contribution in [3.63, 3.8) is 0 Å². The van der Waals surface area contributed by atoms with Crippen molar-refractivity contribution >= 4 is 21.7 Å². The number of aromatic nitrogens is 4. The monoisotopic (exact) mass is 281 g/mol. The lowest BCUT2D eigenvalue weighted by Gasteiger charge is -2.14. The third-order valence-corrected chi connectivity index (χ3v) is 2.89. The Balaban J connectivity index is 2.17. The number of aryl methyl sites for hydroxylation is 1. The standard InChI is InChI=1S/C10H12BrN5/c1-7(10-15-13-6-16(10)2)14-9-8(11)4-3-5-12-9/h3-7H,1-2H3,(H,12,14). The highest BCUT2D eigenvalue weighted by molar-refractivity contribution is 9.10. The lowest BCUT2D eigenvalue weighted by atomic mass is 10.3. The third kappa shape index (κ3) is 2.21. The molecule has 0 saturated heterocycles. The van der Waals surface area contributed by atoms with Gasteiger partial charge in [-0.2, -0.15) is 0 Å². The molecule has 2 aromatic rings. The Kier molecular flexibility index (Phi) is 3.19. The van der Waals surface area contributed by atoms with Gasteiger partial charge in [0.05, 0.1) is 10.5 Å². The zero-order chi connectivity index (χ0) is 11.5. The first-order valence-electron chi connectivity index (χ1n) is 4.89. The van der Waals surface area contributed by atoms with Gasteiger partial charge in [0.25, 0.3) is 0 Å². The molecule has 0 aliphatic rings. The Labute approximate surface area is 102 Å². The van der Waals surface area contributed by atoms with Gasteiger partial charge < -0.3 is 9.88 Å². The van der Waals surface area contributed by atoms with Crippen molar-refractivity contribution in [2.24, 2.45) is 7.05 Å². The van der Waals surface area contributed by atoms with Crippen LogP contribution in [0.4, 0.5) is 5.82 Å². The summed E-state index contributed by atoms with van der Waals surface area (Å²) in [5, 5.41) is 11.2. The van der Waals surface area contributed by atoms with Crippen molar-refractivity contribution in [2.45, 2.75) is 13.0 Å². The van der Waals surface area contributed by atoms with Crippen molar-refractivity contribution in [3.05, 3.63) is 35.0 Å². The summed E-state index contributed by atoms with van der Waals surface area (Å²) in [6.07, 6.45) is 3.43. The van der Waals surface area contributed by atoms with E-state index in [1.807, 2.05) is 30.7 Å². The molecular weight excluding hydrogens is 270 g/mol. The first-order chi connectivity index (χ1) is 7.68. The number of anilines is 1. The van der Waals surface area contributed by atoms with Crippen LogP contribution >= 0.6 is 15.9 Å². The van der Waals surface area contributed by atoms with Crippen LogP contribution in [-0.2, 0) is 7.05 Å². The number of halogens is 1. The van der Waals surface area contributed by atoms with Crippen molar-refractivity contribution < 1.29 is 0 Å². The number of nitrogens with zero attached hydrogens (tertiary/aromatic N) is 4. The Morgan fingerprint density at radius 2 is 2.31 bits per heavy atom. The van der Waals surface area contributed by atoms with E-state index in [1.165, 1.54) is 0 Å². The summed E-state index contributed by atoms with van der Waals surface area (Å²) in [7, 11) is 1.92. The van der Waals surface area contributed by atoms with Gasteiger partial charge in [-0.3, -0.25) is 0 Å². The molecule has 2 aromatic heterocycles. The van der Waals surface area contributed by atoms with Crippen LogP contribution < -0.4 is 5.32 Å². The van der Waals surface area contributed by atoms with Gasteiger partial charge in [-0.15, -0.1) is 10.2 Å². The Hall–Kier alpha value is -1.43. The van der Waals surface area contributed by atoms with Gasteiger partial charge >= 0.3 is 0 Å². The third-order valence-electron chi connectivity index (χ3n) is 2.25. The maximum atomic E-state index is 4.24. The van der Waals surface area contributed by atoms with E-state index < -0.39 is 0 Å². The van der Waals surface area contributed by atoms with Crippen molar-refractivity contribution in [3.8, 4) is 0 Å². The van der Waals surface area contributed by atoms with Gasteiger partial charge in [0.2, 0.25) is 0 Å². The zero-order valence-corrected chi connectivity index (χ0v) is 10.6. The molecule has 0 saturated carbocycles. The summed E-state index contributed by atoms with van der Waals surface area (Å²) >= 11 is 3.44. The summed E-state index contributed by atoms with van der Waals surface area (Å²) in [6, 6.07) is 3.87. The van der Waals surface area contributed by atoms with E-state index in [0.717, 1.165) is 16.1 Å². The zero-order valence-electron chi connectivity index (χ0n) is 9.05. The van der Waals surface area contributed by atoms with Crippen molar-refractivity contribution in [2.75, 3.05) is 5.32 Å². The smallest absolute Gasteiger partial charge is 0.154 e. The molecule has 2 heterocycles. The summed E-state index contributed by atoms with van der Waals surface area (Å²) in [6.45, 7) is 2.02. The predicted octanol–water partition coefficient (Wildman–Crippen LogP) is 2.15. The second kappa shape index (κ2) is 4.61. The second-order valence-corrected chi connectivity index (χ2v) is 4.35. The molecule has 0 radical (unpaired) electrons. The normalized spacial score (nSPS) is 12.4. The maximum absolute atomic E-state index is 4.24. The van der Waals surface area contributed by atoms with Crippen LogP contribution in [0.3, 0.4) is 0 Å². The molecule has 0 amide bonds. The molecular formula is C10H12BrN5. The number of nitrogens with one attached hydrogen (secondary N) is 1. The van der Waals surface area contributed by atoms with E-state index in [0.29, 0.717) is 0 Å². The van der Waals surface area contributed by atoms with Crippen LogP contribution in [0.5, 0.6) is 0 Å². The van der Waals surface area contributed by atoms with Gasteiger partial charge in [0.15, 0.2) is 5.82 Å². The largest absolute Gasteiger partial charge is 0.359 e. The van der Waals surface area contributed by atoms with Crippen LogP contribution in [0.2, 0.25) is 0 Å². The minimum atomic E-state index is 0.0544. The van der Waals surface area contributed by atoms with E-state index in [-0.39, 0.29) is 6.04 Å². The summed E-state index contributed by atoms with van der Waals surface area (Å²) in [5.41, 5.74) is 0. The van der Waals surface area contributed by atoms with Crippen LogP contribution in [0.1, 0.15) is 18.8 Å². The Morgan fingerprint density at radius 3 is 2.94 bits per heavy atom. The van der Waals surface area contributed by atoms with Crippen molar-refractivity contribution in [1.29, 1.82) is 0 Å². The van der Waals surface area contributed by atoms with E-state index in [1.54, 1.807) is 12.5 Å². The van der Waals surface area contributed by atoms with E-state index >= 15 is 0 Å². The van der Waals surface area contributed by atoms with E-state index in [2.05, 4.69) is 36.4 Å². The van der Waals surface area contributed by atoms with Crippen LogP contribution in [0.15, 0.2) is 29.1 Å². The molecule has 1 unspecified atom stereocenters. The highest BCUT2D eigenvalue weighted by Crippen LogP contribution is 2.22. The minimum Gasteiger partial charge on any atom is -0.359 e. The van der Waals surface area contributed by atoms with Crippen LogP contribution in [-0.4, -0.2) is 19.7 Å². The molecule has 1 atom stereocenters. The summed E-state index contributed by atoms with van der Waals surface area (Å²) in [4.78, 5) is 4.24. The Bertz CT molecular complexity index is 482. The number of hydrogen-bond acceptors (Lipinski definition) is 4. The maximum Gasteiger partial charge on any atom is 0.154 e. The molecule has 0 fully saturated rings. The topological polar surface area (TPSA) is 55.6 Å². The fourth-order valence-electron chi connectivity index (χ4n) is 1.45. The molecule has 5 nitrogen and oxygen atoms in total. The van der Waals surface area contributed by atoms with E-state index in [4.69, 9.17) is 0 Å². The van der Waals surface area contributed by atoms with Gasteiger partial charge in [-0.05, 0) is 35.0 Å². The highest BCUT2D eigenvalue weighted by atomic mass is 79.9. The molecule has 0 aliphatic heterocycles. The molecule has 0 bridgehead atoms. The molecule has 16 heavy (non-hydrogen) atoms. The van der Waals surface area contributed by atoms with Crippen molar-refractivity contribution in [1.82, 2.24) is 19.7 Å². The van der Waals surface area contributed by atoms with Gasteiger partial charge in [-0.1, -0.05) is 0 Å². The number of pyridine rings is 1. The molecule has 2 rings (SSSR count). The second-order valence-electron chi connectivity index (χ2n) is 3.50. The fourth-order valence-corrected chi connectivity index (χ4v) is 1.82. The number of hydrogen-bond donors (Lipinski definition) is 1. The number of rotatable bonds is 3. The van der Waals surface area contributed by atoms with E-state index in [9.17, 15) is 0 Å². The van der Waals surface area contributed by atoms with Gasteiger partial charge in [0.1, 0.15) is 12.1 Å². The average Bonchev–Trinajstić information content (AvgIpc) is 2.68. The fraction of sp³-hybridized carbons (Fsp3) is 0.300. The van der Waals surface area contributed by atoms with Gasteiger partial charge in [-0.25, -0.2) is 4.98 Å². The predicted molar refractivity (Wildman–Crippen MR) is 65.0 cm³/mol. The highest BCUT2D eigenvalue weighted by Gasteiger charge is 2.12.